The summed E-state index contributed by atoms with van der Waals surface area (Å²) >= 11 is 0. The molecule has 1 aliphatic heterocycles. The summed E-state index contributed by atoms with van der Waals surface area (Å²) in [5, 5.41) is 3.22. The van der Waals surface area contributed by atoms with Crippen LogP contribution in [0.5, 0.6) is 0 Å². The second-order valence-electron chi connectivity index (χ2n) is 7.81. The molecule has 2 fully saturated rings. The Balaban J connectivity index is 1.78. The van der Waals surface area contributed by atoms with Crippen LogP contribution in [0.2, 0.25) is 0 Å². The van der Waals surface area contributed by atoms with Crippen molar-refractivity contribution in [2.24, 2.45) is 23.0 Å². The number of hydrogen-bond donors (Lipinski definition) is 2. The van der Waals surface area contributed by atoms with Gasteiger partial charge in [-0.15, -0.1) is 0 Å². The summed E-state index contributed by atoms with van der Waals surface area (Å²) in [5.41, 5.74) is 6.32. The summed E-state index contributed by atoms with van der Waals surface area (Å²) in [6.07, 6.45) is 6.81. The van der Waals surface area contributed by atoms with Crippen LogP contribution in [0.3, 0.4) is 0 Å². The minimum Gasteiger partial charge on any atom is -0.355 e. The molecule has 21 heavy (non-hydrogen) atoms. The molecule has 1 amide bonds. The molecule has 3 N–H and O–H groups in total. The monoisotopic (exact) mass is 295 g/mol. The molecular weight excluding hydrogens is 262 g/mol. The van der Waals surface area contributed by atoms with Crippen molar-refractivity contribution in [2.75, 3.05) is 26.7 Å². The third kappa shape index (κ3) is 4.68. The molecule has 0 aromatic rings. The highest BCUT2D eigenvalue weighted by atomic mass is 16.1. The van der Waals surface area contributed by atoms with Crippen LogP contribution in [0, 0.1) is 17.3 Å². The van der Waals surface area contributed by atoms with Crippen LogP contribution in [-0.2, 0) is 4.79 Å². The SMILES string of the molecule is CC(C(=O)NCC1(C)CCN(C)CC1)C1CCCC(N)C1. The maximum absolute atomic E-state index is 12.4. The van der Waals surface area contributed by atoms with E-state index in [4.69, 9.17) is 5.73 Å². The van der Waals surface area contributed by atoms with Crippen LogP contribution in [-0.4, -0.2) is 43.5 Å². The standard InChI is InChI=1S/C17H33N3O/c1-13(14-5-4-6-15(18)11-14)16(21)19-12-17(2)7-9-20(3)10-8-17/h13-15H,4-12,18H2,1-3H3,(H,19,21). The van der Waals surface area contributed by atoms with Crippen molar-refractivity contribution in [1.29, 1.82) is 0 Å². The maximum Gasteiger partial charge on any atom is 0.223 e. The molecule has 122 valence electrons. The molecule has 3 atom stereocenters. The first kappa shape index (κ1) is 16.8. The Morgan fingerprint density at radius 3 is 2.67 bits per heavy atom. The Kier molecular flexibility index (Phi) is 5.67. The van der Waals surface area contributed by atoms with E-state index in [1.165, 1.54) is 19.3 Å². The molecule has 0 aromatic heterocycles. The van der Waals surface area contributed by atoms with Crippen molar-refractivity contribution in [3.05, 3.63) is 0 Å². The first-order valence-electron chi connectivity index (χ1n) is 8.61. The Morgan fingerprint density at radius 1 is 1.38 bits per heavy atom. The van der Waals surface area contributed by atoms with Crippen molar-refractivity contribution in [1.82, 2.24) is 10.2 Å². The van der Waals surface area contributed by atoms with Gasteiger partial charge in [0.15, 0.2) is 0 Å². The average molecular weight is 295 g/mol. The maximum atomic E-state index is 12.4. The van der Waals surface area contributed by atoms with Crippen molar-refractivity contribution in [3.63, 3.8) is 0 Å². The minimum atomic E-state index is 0.103. The Bertz CT molecular complexity index is 350. The smallest absolute Gasteiger partial charge is 0.223 e. The molecule has 1 aliphatic carbocycles. The minimum absolute atomic E-state index is 0.103. The zero-order valence-corrected chi connectivity index (χ0v) is 14.0. The van der Waals surface area contributed by atoms with Gasteiger partial charge < -0.3 is 16.0 Å². The number of nitrogens with one attached hydrogen (secondary N) is 1. The Labute approximate surface area is 129 Å². The number of likely N-dealkylation sites (tertiary alicyclic amines) is 1. The second kappa shape index (κ2) is 7.10. The molecule has 0 radical (unpaired) electrons. The molecule has 0 spiro atoms. The van der Waals surface area contributed by atoms with E-state index in [2.05, 4.69) is 31.1 Å². The van der Waals surface area contributed by atoms with Crippen molar-refractivity contribution >= 4 is 5.91 Å². The molecule has 1 saturated carbocycles. The molecular formula is C17H33N3O. The summed E-state index contributed by atoms with van der Waals surface area (Å²) in [7, 11) is 2.17. The fourth-order valence-corrected chi connectivity index (χ4v) is 3.73. The third-order valence-electron chi connectivity index (χ3n) is 5.76. The topological polar surface area (TPSA) is 58.4 Å². The molecule has 2 rings (SSSR count). The van der Waals surface area contributed by atoms with Gasteiger partial charge in [0, 0.05) is 18.5 Å². The fourth-order valence-electron chi connectivity index (χ4n) is 3.73. The van der Waals surface area contributed by atoms with E-state index in [0.717, 1.165) is 38.9 Å². The predicted octanol–water partition coefficient (Wildman–Crippen LogP) is 1.99. The summed E-state index contributed by atoms with van der Waals surface area (Å²) in [4.78, 5) is 14.8. The molecule has 4 nitrogen and oxygen atoms in total. The summed E-state index contributed by atoms with van der Waals surface area (Å²) < 4.78 is 0. The number of carbonyl (C=O) groups excluding carboxylic acids is 1. The fraction of sp³-hybridized carbons (Fsp3) is 0.941. The zero-order chi connectivity index (χ0) is 15.5. The Morgan fingerprint density at radius 2 is 2.05 bits per heavy atom. The van der Waals surface area contributed by atoms with E-state index in [1.807, 2.05) is 0 Å². The highest BCUT2D eigenvalue weighted by Crippen LogP contribution is 2.31. The van der Waals surface area contributed by atoms with Crippen molar-refractivity contribution in [3.8, 4) is 0 Å². The lowest BCUT2D eigenvalue weighted by Crippen LogP contribution is -2.45. The zero-order valence-electron chi connectivity index (χ0n) is 14.0. The van der Waals surface area contributed by atoms with Crippen LogP contribution in [0.4, 0.5) is 0 Å². The van der Waals surface area contributed by atoms with Gasteiger partial charge in [0.1, 0.15) is 0 Å². The lowest BCUT2D eigenvalue weighted by Gasteiger charge is -2.38. The number of rotatable bonds is 4. The van der Waals surface area contributed by atoms with Crippen LogP contribution in [0.15, 0.2) is 0 Å². The molecule has 2 aliphatic rings. The molecule has 0 aromatic carbocycles. The average Bonchev–Trinajstić information content (AvgIpc) is 2.47. The van der Waals surface area contributed by atoms with Gasteiger partial charge in [-0.25, -0.2) is 0 Å². The molecule has 4 heteroatoms. The summed E-state index contributed by atoms with van der Waals surface area (Å²) in [6.45, 7) is 7.48. The lowest BCUT2D eigenvalue weighted by atomic mass is 9.77. The predicted molar refractivity (Wildman–Crippen MR) is 86.9 cm³/mol. The lowest BCUT2D eigenvalue weighted by molar-refractivity contribution is -0.127. The van der Waals surface area contributed by atoms with Gasteiger partial charge in [-0.1, -0.05) is 20.3 Å². The quantitative estimate of drug-likeness (QED) is 0.834. The first-order chi connectivity index (χ1) is 9.89. The third-order valence-corrected chi connectivity index (χ3v) is 5.76. The van der Waals surface area contributed by atoms with Crippen LogP contribution in [0.25, 0.3) is 0 Å². The summed E-state index contributed by atoms with van der Waals surface area (Å²) in [5.74, 6) is 0.805. The number of nitrogens with zero attached hydrogens (tertiary/aromatic N) is 1. The second-order valence-corrected chi connectivity index (χ2v) is 7.81. The van der Waals surface area contributed by atoms with E-state index in [0.29, 0.717) is 12.0 Å². The van der Waals surface area contributed by atoms with Gasteiger partial charge >= 0.3 is 0 Å². The van der Waals surface area contributed by atoms with Gasteiger partial charge in [0.2, 0.25) is 5.91 Å². The van der Waals surface area contributed by atoms with Gasteiger partial charge in [0.25, 0.3) is 0 Å². The normalized spacial score (nSPS) is 31.6. The van der Waals surface area contributed by atoms with E-state index in [1.54, 1.807) is 0 Å². The number of carbonyl (C=O) groups is 1. The van der Waals surface area contributed by atoms with Crippen LogP contribution in [0.1, 0.15) is 52.4 Å². The van der Waals surface area contributed by atoms with Crippen molar-refractivity contribution in [2.45, 2.75) is 58.4 Å². The van der Waals surface area contributed by atoms with Crippen LogP contribution < -0.4 is 11.1 Å². The molecule has 1 saturated heterocycles. The van der Waals surface area contributed by atoms with E-state index in [-0.39, 0.29) is 17.2 Å². The number of amides is 1. The first-order valence-corrected chi connectivity index (χ1v) is 8.61. The van der Waals surface area contributed by atoms with Gasteiger partial charge in [-0.3, -0.25) is 4.79 Å². The van der Waals surface area contributed by atoms with Crippen molar-refractivity contribution < 1.29 is 4.79 Å². The Hall–Kier alpha value is -0.610. The van der Waals surface area contributed by atoms with Gasteiger partial charge in [0.05, 0.1) is 0 Å². The summed E-state index contributed by atoms with van der Waals surface area (Å²) in [6, 6.07) is 0.297. The number of nitrogens with two attached hydrogens (primary N) is 1. The highest BCUT2D eigenvalue weighted by Gasteiger charge is 2.32. The van der Waals surface area contributed by atoms with E-state index < -0.39 is 0 Å². The number of piperidine rings is 1. The van der Waals surface area contributed by atoms with E-state index in [9.17, 15) is 4.79 Å². The molecule has 3 unspecified atom stereocenters. The van der Waals surface area contributed by atoms with Gasteiger partial charge in [-0.05, 0) is 63.6 Å². The molecule has 0 bridgehead atoms. The largest absolute Gasteiger partial charge is 0.355 e. The number of hydrogen-bond acceptors (Lipinski definition) is 3. The molecule has 1 heterocycles. The van der Waals surface area contributed by atoms with E-state index >= 15 is 0 Å². The highest BCUT2D eigenvalue weighted by molar-refractivity contribution is 5.78. The van der Waals surface area contributed by atoms with Gasteiger partial charge in [-0.2, -0.15) is 0 Å². The van der Waals surface area contributed by atoms with Crippen LogP contribution >= 0.6 is 0 Å².